The summed E-state index contributed by atoms with van der Waals surface area (Å²) < 4.78 is 4.62. The average molecular weight is 331 g/mol. The first-order valence-corrected chi connectivity index (χ1v) is 7.56. The first-order chi connectivity index (χ1) is 11.5. The lowest BCUT2D eigenvalue weighted by Crippen LogP contribution is -2.59. The van der Waals surface area contributed by atoms with E-state index >= 15 is 0 Å². The lowest BCUT2D eigenvalue weighted by atomic mass is 10.1. The highest BCUT2D eigenvalue weighted by Crippen LogP contribution is 2.23. The Hall–Kier alpha value is -2.74. The number of hydrogen-bond donors (Lipinski definition) is 1. The number of piperazine rings is 1. The van der Waals surface area contributed by atoms with Gasteiger partial charge in [0.2, 0.25) is 5.91 Å². The van der Waals surface area contributed by atoms with Gasteiger partial charge in [-0.05, 0) is 12.1 Å². The number of fused-ring (bicyclic) bond motifs is 1. The maximum absolute atomic E-state index is 12.4. The number of amides is 3. The molecule has 0 radical (unpaired) electrons. The zero-order valence-corrected chi connectivity index (χ0v) is 13.2. The Morgan fingerprint density at radius 1 is 1.21 bits per heavy atom. The molecule has 2 aliphatic heterocycles. The Morgan fingerprint density at radius 2 is 1.83 bits per heavy atom. The number of benzene rings is 1. The molecule has 8 heteroatoms. The quantitative estimate of drug-likeness (QED) is 0.596. The number of rotatable bonds is 4. The summed E-state index contributed by atoms with van der Waals surface area (Å²) in [7, 11) is 1.25. The number of hydrogen-bond acceptors (Lipinski definition) is 6. The first-order valence-electron chi connectivity index (χ1n) is 7.56. The molecule has 2 aliphatic rings. The van der Waals surface area contributed by atoms with Gasteiger partial charge in [0.05, 0.1) is 31.3 Å². The van der Waals surface area contributed by atoms with E-state index in [0.29, 0.717) is 24.2 Å². The van der Waals surface area contributed by atoms with Crippen molar-refractivity contribution in [1.29, 1.82) is 0 Å². The second-order valence-corrected chi connectivity index (χ2v) is 5.62. The smallest absolute Gasteiger partial charge is 0.307 e. The molecular weight excluding hydrogens is 314 g/mol. The zero-order chi connectivity index (χ0) is 17.3. The topological polar surface area (TPSA) is 96.0 Å². The lowest BCUT2D eigenvalue weighted by Gasteiger charge is -2.36. The van der Waals surface area contributed by atoms with Crippen molar-refractivity contribution in [3.63, 3.8) is 0 Å². The van der Waals surface area contributed by atoms with Gasteiger partial charge in [0, 0.05) is 13.1 Å². The van der Waals surface area contributed by atoms with Crippen molar-refractivity contribution in [3.8, 4) is 0 Å². The molecule has 1 N–H and O–H groups in total. The Bertz CT molecular complexity index is 682. The van der Waals surface area contributed by atoms with Gasteiger partial charge in [-0.15, -0.1) is 0 Å². The first kappa shape index (κ1) is 16.1. The molecule has 126 valence electrons. The average Bonchev–Trinajstić information content (AvgIpc) is 2.83. The van der Waals surface area contributed by atoms with Gasteiger partial charge in [-0.25, -0.2) is 0 Å². The number of esters is 1. The van der Waals surface area contributed by atoms with E-state index in [1.807, 2.05) is 0 Å². The number of nitrogens with one attached hydrogen (secondary N) is 1. The number of nitrogens with zero attached hydrogens (tertiary/aromatic N) is 2. The minimum Gasteiger partial charge on any atom is -0.469 e. The number of carbonyl (C=O) groups is 4. The van der Waals surface area contributed by atoms with Gasteiger partial charge in [0.25, 0.3) is 11.8 Å². The summed E-state index contributed by atoms with van der Waals surface area (Å²) in [6, 6.07) is 5.83. The third-order valence-corrected chi connectivity index (χ3v) is 4.23. The standard InChI is InChI=1S/C16H17N3O5/c1-24-13(20)8-12-14(21)17-6-7-18(12)9-19-15(22)10-4-2-3-5-11(10)16(19)23/h2-5,12H,6-9H2,1H3,(H,17,21)/t12-/m0/s1. The molecule has 24 heavy (non-hydrogen) atoms. The second kappa shape index (κ2) is 6.40. The molecule has 1 fully saturated rings. The summed E-state index contributed by atoms with van der Waals surface area (Å²) >= 11 is 0. The summed E-state index contributed by atoms with van der Waals surface area (Å²) in [5, 5.41) is 2.68. The third-order valence-electron chi connectivity index (χ3n) is 4.23. The van der Waals surface area contributed by atoms with Crippen molar-refractivity contribution < 1.29 is 23.9 Å². The van der Waals surface area contributed by atoms with E-state index in [9.17, 15) is 19.2 Å². The Morgan fingerprint density at radius 3 is 2.42 bits per heavy atom. The molecule has 0 saturated carbocycles. The number of imide groups is 1. The molecule has 0 unspecified atom stereocenters. The van der Waals surface area contributed by atoms with Crippen LogP contribution in [0.2, 0.25) is 0 Å². The molecule has 1 aromatic carbocycles. The van der Waals surface area contributed by atoms with Crippen LogP contribution in [0.3, 0.4) is 0 Å². The van der Waals surface area contributed by atoms with E-state index in [4.69, 9.17) is 0 Å². The highest BCUT2D eigenvalue weighted by atomic mass is 16.5. The summed E-state index contributed by atoms with van der Waals surface area (Å²) in [6.07, 6.45) is -0.133. The fourth-order valence-corrected chi connectivity index (χ4v) is 2.94. The van der Waals surface area contributed by atoms with Crippen LogP contribution in [0.25, 0.3) is 0 Å². The molecular formula is C16H17N3O5. The number of methoxy groups -OCH3 is 1. The zero-order valence-electron chi connectivity index (χ0n) is 13.2. The molecule has 8 nitrogen and oxygen atoms in total. The van der Waals surface area contributed by atoms with Crippen LogP contribution in [0, 0.1) is 0 Å². The van der Waals surface area contributed by atoms with Crippen molar-refractivity contribution in [2.24, 2.45) is 0 Å². The SMILES string of the molecule is COC(=O)C[C@H]1C(=O)NCCN1CN1C(=O)c2ccccc2C1=O. The van der Waals surface area contributed by atoms with Gasteiger partial charge < -0.3 is 10.1 Å². The van der Waals surface area contributed by atoms with Crippen LogP contribution in [0.5, 0.6) is 0 Å². The fourth-order valence-electron chi connectivity index (χ4n) is 2.94. The summed E-state index contributed by atoms with van der Waals surface area (Å²) in [6.45, 7) is 0.780. The van der Waals surface area contributed by atoms with Crippen molar-refractivity contribution in [2.45, 2.75) is 12.5 Å². The number of carbonyl (C=O) groups excluding carboxylic acids is 4. The molecule has 1 atom stereocenters. The number of ether oxygens (including phenoxy) is 1. The van der Waals surface area contributed by atoms with Crippen molar-refractivity contribution >= 4 is 23.7 Å². The molecule has 3 rings (SSSR count). The largest absolute Gasteiger partial charge is 0.469 e. The summed E-state index contributed by atoms with van der Waals surface area (Å²) in [5.74, 6) is -1.62. The van der Waals surface area contributed by atoms with Gasteiger partial charge in [-0.2, -0.15) is 0 Å². The fraction of sp³-hybridized carbons (Fsp3) is 0.375. The molecule has 1 saturated heterocycles. The van der Waals surface area contributed by atoms with Crippen LogP contribution in [0.1, 0.15) is 27.1 Å². The molecule has 3 amide bonds. The van der Waals surface area contributed by atoms with Crippen LogP contribution < -0.4 is 5.32 Å². The van der Waals surface area contributed by atoms with Gasteiger partial charge >= 0.3 is 5.97 Å². The molecule has 0 bridgehead atoms. The van der Waals surface area contributed by atoms with Crippen LogP contribution in [-0.4, -0.2) is 66.4 Å². The highest BCUT2D eigenvalue weighted by molar-refractivity contribution is 6.21. The van der Waals surface area contributed by atoms with Crippen molar-refractivity contribution in [1.82, 2.24) is 15.1 Å². The van der Waals surface area contributed by atoms with E-state index in [1.54, 1.807) is 29.2 Å². The van der Waals surface area contributed by atoms with Gasteiger partial charge in [0.15, 0.2) is 0 Å². The third kappa shape index (κ3) is 2.76. The maximum Gasteiger partial charge on any atom is 0.307 e. The Kier molecular flexibility index (Phi) is 4.30. The normalized spacial score (nSPS) is 20.8. The van der Waals surface area contributed by atoms with Crippen molar-refractivity contribution in [2.75, 3.05) is 26.9 Å². The molecule has 0 aromatic heterocycles. The van der Waals surface area contributed by atoms with Crippen LogP contribution in [0.15, 0.2) is 24.3 Å². The van der Waals surface area contributed by atoms with Gasteiger partial charge in [-0.1, -0.05) is 12.1 Å². The van der Waals surface area contributed by atoms with Crippen LogP contribution in [0.4, 0.5) is 0 Å². The van der Waals surface area contributed by atoms with E-state index < -0.39 is 23.8 Å². The van der Waals surface area contributed by atoms with Crippen molar-refractivity contribution in [3.05, 3.63) is 35.4 Å². The van der Waals surface area contributed by atoms with Crippen LogP contribution >= 0.6 is 0 Å². The van der Waals surface area contributed by atoms with E-state index in [2.05, 4.69) is 10.1 Å². The van der Waals surface area contributed by atoms with E-state index in [-0.39, 0.29) is 19.0 Å². The summed E-state index contributed by atoms with van der Waals surface area (Å²) in [5.41, 5.74) is 0.710. The molecule has 2 heterocycles. The molecule has 1 aromatic rings. The second-order valence-electron chi connectivity index (χ2n) is 5.62. The lowest BCUT2D eigenvalue weighted by molar-refractivity contribution is -0.146. The van der Waals surface area contributed by atoms with E-state index in [1.165, 1.54) is 7.11 Å². The minimum atomic E-state index is -0.768. The molecule has 0 spiro atoms. The van der Waals surface area contributed by atoms with Gasteiger partial charge in [-0.3, -0.25) is 29.0 Å². The summed E-state index contributed by atoms with van der Waals surface area (Å²) in [4.78, 5) is 51.2. The van der Waals surface area contributed by atoms with E-state index in [0.717, 1.165) is 4.90 Å². The molecule has 0 aliphatic carbocycles. The highest BCUT2D eigenvalue weighted by Gasteiger charge is 2.39. The predicted molar refractivity (Wildman–Crippen MR) is 81.9 cm³/mol. The Labute approximate surface area is 138 Å². The van der Waals surface area contributed by atoms with Crippen LogP contribution in [-0.2, 0) is 14.3 Å². The minimum absolute atomic E-state index is 0.0403. The monoisotopic (exact) mass is 331 g/mol. The predicted octanol–water partition coefficient (Wildman–Crippen LogP) is -0.396. The Balaban J connectivity index is 1.79. The maximum atomic E-state index is 12.4. The van der Waals surface area contributed by atoms with Gasteiger partial charge in [0.1, 0.15) is 6.04 Å².